The van der Waals surface area contributed by atoms with Crippen LogP contribution in [0.4, 0.5) is 10.5 Å². The molecule has 0 aliphatic carbocycles. The Bertz CT molecular complexity index is 722. The second kappa shape index (κ2) is 6.22. The number of carbonyl (C=O) groups excluding carboxylic acids is 3. The van der Waals surface area contributed by atoms with Gasteiger partial charge in [0, 0.05) is 0 Å². The average molecular weight is 302 g/mol. The van der Waals surface area contributed by atoms with Crippen LogP contribution in [-0.2, 0) is 9.59 Å². The molecule has 0 spiro atoms. The third kappa shape index (κ3) is 3.37. The third-order valence-corrected chi connectivity index (χ3v) is 1.99. The largest absolute Gasteiger partial charge is 0.858 e. The van der Waals surface area contributed by atoms with Gasteiger partial charge in [-0.3, -0.25) is 30.0 Å². The molecule has 1 aliphatic rings. The molecule has 2 heterocycles. The highest BCUT2D eigenvalue weighted by atomic mass is 16.3. The number of amides is 4. The number of carbonyl (C=O) groups is 3. The first-order valence-corrected chi connectivity index (χ1v) is 4.67. The van der Waals surface area contributed by atoms with E-state index in [1.807, 2.05) is 0 Å². The molecule has 0 radical (unpaired) electrons. The minimum absolute atomic E-state index is 0. The van der Waals surface area contributed by atoms with Gasteiger partial charge in [-0.1, -0.05) is 0 Å². The fourth-order valence-corrected chi connectivity index (χ4v) is 1.23. The number of nitrogens with one attached hydrogen (secondary N) is 4. The number of imide groups is 2. The van der Waals surface area contributed by atoms with Gasteiger partial charge >= 0.3 is 11.7 Å². The molecule has 2 rings (SSSR count). The van der Waals surface area contributed by atoms with Crippen LogP contribution in [0.5, 0.6) is 5.88 Å². The molecule has 4 amide bonds. The number of aromatic amines is 2. The second-order valence-electron chi connectivity index (χ2n) is 3.28. The minimum Gasteiger partial charge on any atom is -0.858 e. The topological polar surface area (TPSA) is 244 Å². The molecule has 13 heteroatoms. The summed E-state index contributed by atoms with van der Waals surface area (Å²) in [6, 6.07) is -1.05. The Labute approximate surface area is 114 Å². The van der Waals surface area contributed by atoms with Crippen LogP contribution in [0.3, 0.4) is 0 Å². The van der Waals surface area contributed by atoms with Gasteiger partial charge in [-0.2, -0.15) is 0 Å². The van der Waals surface area contributed by atoms with Crippen molar-refractivity contribution in [1.29, 1.82) is 0 Å². The SMILES string of the molecule is O.O=C1NC(=O)C(=Nc2c([O-])[nH]c(=O)[nH]c2=O)C(=O)N1.[NH4+]. The van der Waals surface area contributed by atoms with Crippen molar-refractivity contribution in [1.82, 2.24) is 26.8 Å². The molecular formula is C8H10N6O7. The van der Waals surface area contributed by atoms with Crippen molar-refractivity contribution in [2.24, 2.45) is 4.99 Å². The number of aliphatic imine (C=N–C) groups is 1. The lowest BCUT2D eigenvalue weighted by atomic mass is 10.3. The van der Waals surface area contributed by atoms with Crippen molar-refractivity contribution in [2.45, 2.75) is 0 Å². The van der Waals surface area contributed by atoms with Gasteiger partial charge in [-0.05, 0) is 5.88 Å². The lowest BCUT2D eigenvalue weighted by Gasteiger charge is -2.14. The Morgan fingerprint density at radius 2 is 1.43 bits per heavy atom. The molecule has 0 aromatic carbocycles. The third-order valence-electron chi connectivity index (χ3n) is 1.99. The standard InChI is InChI=1S/C8H5N5O6.H3N.H2O/c14-3-1(4(15)11-7(18)10-3)9-2-5(16)12-8(19)13-6(2)17;;/h(H2,10,11,14,15,18)(H3,12,13,16,17,19);1H3;1H2. The van der Waals surface area contributed by atoms with Gasteiger partial charge < -0.3 is 21.7 Å². The smallest absolute Gasteiger partial charge is 0.328 e. The Kier molecular flexibility index (Phi) is 5.24. The number of H-pyrrole nitrogens is 2. The molecule has 1 fully saturated rings. The second-order valence-corrected chi connectivity index (χ2v) is 3.28. The number of hydrogen-bond acceptors (Lipinski definition) is 7. The van der Waals surface area contributed by atoms with Crippen molar-refractivity contribution in [3.05, 3.63) is 20.8 Å². The van der Waals surface area contributed by atoms with E-state index >= 15 is 0 Å². The zero-order chi connectivity index (χ0) is 14.2. The van der Waals surface area contributed by atoms with E-state index in [0.29, 0.717) is 0 Å². The van der Waals surface area contributed by atoms with Gasteiger partial charge in [-0.25, -0.2) is 14.6 Å². The molecule has 1 aliphatic heterocycles. The molecule has 1 aromatic rings. The molecule has 114 valence electrons. The molecule has 0 unspecified atom stereocenters. The lowest BCUT2D eigenvalue weighted by Crippen LogP contribution is -2.56. The van der Waals surface area contributed by atoms with Crippen LogP contribution in [0.1, 0.15) is 0 Å². The number of hydrogen-bond donors (Lipinski definition) is 5. The van der Waals surface area contributed by atoms with E-state index in [1.165, 1.54) is 0 Å². The molecule has 21 heavy (non-hydrogen) atoms. The summed E-state index contributed by atoms with van der Waals surface area (Å²) in [5, 5.41) is 14.7. The minimum atomic E-state index is -1.17. The van der Waals surface area contributed by atoms with Gasteiger partial charge in [-0.15, -0.1) is 0 Å². The normalized spacial score (nSPS) is 13.5. The van der Waals surface area contributed by atoms with Crippen LogP contribution in [0.15, 0.2) is 14.6 Å². The van der Waals surface area contributed by atoms with E-state index < -0.39 is 46.4 Å². The van der Waals surface area contributed by atoms with Crippen molar-refractivity contribution < 1.29 is 25.0 Å². The summed E-state index contributed by atoms with van der Waals surface area (Å²) in [7, 11) is 0. The molecule has 13 nitrogen and oxygen atoms in total. The quantitative estimate of drug-likeness (QED) is 0.346. The van der Waals surface area contributed by atoms with E-state index in [2.05, 4.69) is 4.99 Å². The predicted octanol–water partition coefficient (Wildman–Crippen LogP) is -3.87. The molecule has 0 atom stereocenters. The molecule has 1 aromatic heterocycles. The number of barbiturate groups is 1. The summed E-state index contributed by atoms with van der Waals surface area (Å²) in [6.45, 7) is 0. The average Bonchev–Trinajstić information content (AvgIpc) is 2.25. The summed E-state index contributed by atoms with van der Waals surface area (Å²) in [4.78, 5) is 62.1. The number of nitrogens with zero attached hydrogens (tertiary/aromatic N) is 1. The summed E-state index contributed by atoms with van der Waals surface area (Å²) in [6.07, 6.45) is 0. The molecule has 0 bridgehead atoms. The van der Waals surface area contributed by atoms with Crippen LogP contribution in [0, 0.1) is 0 Å². The maximum atomic E-state index is 11.3. The zero-order valence-corrected chi connectivity index (χ0v) is 10.4. The van der Waals surface area contributed by atoms with Gasteiger partial charge in [0.15, 0.2) is 5.71 Å². The van der Waals surface area contributed by atoms with Crippen LogP contribution >= 0.6 is 0 Å². The van der Waals surface area contributed by atoms with Crippen molar-refractivity contribution in [2.75, 3.05) is 0 Å². The molecule has 0 saturated carbocycles. The van der Waals surface area contributed by atoms with E-state index in [1.54, 1.807) is 20.6 Å². The lowest BCUT2D eigenvalue weighted by molar-refractivity contribution is -0.274. The van der Waals surface area contributed by atoms with Crippen LogP contribution in [-0.4, -0.2) is 39.0 Å². The number of rotatable bonds is 1. The van der Waals surface area contributed by atoms with Crippen molar-refractivity contribution >= 4 is 29.2 Å². The maximum absolute atomic E-state index is 11.3. The molecular weight excluding hydrogens is 292 g/mol. The highest BCUT2D eigenvalue weighted by Gasteiger charge is 2.30. The summed E-state index contributed by atoms with van der Waals surface area (Å²) in [5.74, 6) is -3.50. The number of aromatic nitrogens is 2. The molecule has 1 saturated heterocycles. The van der Waals surface area contributed by atoms with Crippen molar-refractivity contribution in [3.63, 3.8) is 0 Å². The van der Waals surface area contributed by atoms with Crippen LogP contribution in [0.2, 0.25) is 0 Å². The van der Waals surface area contributed by atoms with E-state index in [9.17, 15) is 29.1 Å². The van der Waals surface area contributed by atoms with Gasteiger partial charge in [0.2, 0.25) is 0 Å². The highest BCUT2D eigenvalue weighted by Crippen LogP contribution is 2.13. The predicted molar refractivity (Wildman–Crippen MR) is 65.5 cm³/mol. The highest BCUT2D eigenvalue weighted by molar-refractivity contribution is 6.69. The number of quaternary nitrogens is 1. The van der Waals surface area contributed by atoms with Crippen LogP contribution < -0.4 is 33.1 Å². The fourth-order valence-electron chi connectivity index (χ4n) is 1.23. The van der Waals surface area contributed by atoms with E-state index in [-0.39, 0.29) is 11.6 Å². The van der Waals surface area contributed by atoms with Gasteiger partial charge in [0.25, 0.3) is 17.4 Å². The Morgan fingerprint density at radius 1 is 0.905 bits per heavy atom. The molecule has 10 N–H and O–H groups in total. The summed E-state index contributed by atoms with van der Waals surface area (Å²) in [5.41, 5.74) is -3.92. The Balaban J connectivity index is 0.00000200. The first kappa shape index (κ1) is 17.7. The Hall–Kier alpha value is -3.32. The first-order valence-electron chi connectivity index (χ1n) is 4.67. The monoisotopic (exact) mass is 302 g/mol. The zero-order valence-electron chi connectivity index (χ0n) is 10.4. The van der Waals surface area contributed by atoms with E-state index in [4.69, 9.17) is 0 Å². The van der Waals surface area contributed by atoms with Crippen molar-refractivity contribution in [3.8, 4) is 5.88 Å². The van der Waals surface area contributed by atoms with E-state index in [0.717, 1.165) is 0 Å². The van der Waals surface area contributed by atoms with Gasteiger partial charge in [0.1, 0.15) is 5.69 Å². The maximum Gasteiger partial charge on any atom is 0.328 e. The van der Waals surface area contributed by atoms with Gasteiger partial charge in [0.05, 0.1) is 0 Å². The first-order chi connectivity index (χ1) is 8.88. The fraction of sp³-hybridized carbons (Fsp3) is 0. The number of urea groups is 1. The Morgan fingerprint density at radius 3 is 1.90 bits per heavy atom. The van der Waals surface area contributed by atoms with Crippen LogP contribution in [0.25, 0.3) is 0 Å². The summed E-state index contributed by atoms with van der Waals surface area (Å²) >= 11 is 0. The summed E-state index contributed by atoms with van der Waals surface area (Å²) < 4.78 is 0.